The second-order valence-electron chi connectivity index (χ2n) is 7.22. The molecule has 3 atom stereocenters. The molecule has 4 rings (SSSR count). The van der Waals surface area contributed by atoms with Crippen LogP contribution in [0.15, 0.2) is 18.2 Å². The van der Waals surface area contributed by atoms with Crippen LogP contribution in [0.2, 0.25) is 0 Å². The van der Waals surface area contributed by atoms with E-state index in [9.17, 15) is 0 Å². The molecule has 1 aliphatic carbocycles. The number of hydrogen-bond acceptors (Lipinski definition) is 8. The molecule has 8 nitrogen and oxygen atoms in total. The number of pyridine rings is 1. The maximum atomic E-state index is 5.93. The number of hydrazine groups is 1. The Morgan fingerprint density at radius 2 is 2.12 bits per heavy atom. The van der Waals surface area contributed by atoms with Crippen LogP contribution in [0, 0.1) is 12.8 Å². The number of fused-ring (bicyclic) bond motifs is 1. The van der Waals surface area contributed by atoms with Crippen molar-refractivity contribution < 1.29 is 0 Å². The summed E-state index contributed by atoms with van der Waals surface area (Å²) in [6.07, 6.45) is 4.13. The summed E-state index contributed by atoms with van der Waals surface area (Å²) in [7, 11) is 0. The Bertz CT molecular complexity index is 765. The second-order valence-corrected chi connectivity index (χ2v) is 7.22. The van der Waals surface area contributed by atoms with Gasteiger partial charge in [0, 0.05) is 42.9 Å². The standard InChI is InChI=1S/C18H26N8/c1-11-3-2-4-14(22-11)7-8-20-18-24-16(23-17(19)25-18)12-5-6-13-10-21-26-15(13)9-12/h2-4,12-13,15,21,26H,5-10H2,1H3,(H3,19,20,23,24,25). The van der Waals surface area contributed by atoms with Gasteiger partial charge in [-0.2, -0.15) is 15.0 Å². The van der Waals surface area contributed by atoms with Gasteiger partial charge in [0.2, 0.25) is 11.9 Å². The number of hydrogen-bond donors (Lipinski definition) is 4. The molecule has 5 N–H and O–H groups in total. The summed E-state index contributed by atoms with van der Waals surface area (Å²) in [5.41, 5.74) is 14.6. The number of nitrogen functional groups attached to an aromatic ring is 1. The lowest BCUT2D eigenvalue weighted by atomic mass is 9.79. The number of aryl methyl sites for hydroxylation is 1. The molecule has 2 aromatic heterocycles. The van der Waals surface area contributed by atoms with Crippen LogP contribution in [-0.2, 0) is 6.42 Å². The molecule has 2 fully saturated rings. The van der Waals surface area contributed by atoms with E-state index in [1.54, 1.807) is 0 Å². The van der Waals surface area contributed by atoms with Crippen molar-refractivity contribution in [3.05, 3.63) is 35.4 Å². The van der Waals surface area contributed by atoms with Crippen molar-refractivity contribution >= 4 is 11.9 Å². The van der Waals surface area contributed by atoms with Crippen molar-refractivity contribution in [2.45, 2.75) is 44.6 Å². The Kier molecular flexibility index (Phi) is 4.94. The molecule has 26 heavy (non-hydrogen) atoms. The fourth-order valence-corrected chi connectivity index (χ4v) is 3.92. The van der Waals surface area contributed by atoms with Crippen LogP contribution >= 0.6 is 0 Å². The van der Waals surface area contributed by atoms with E-state index < -0.39 is 0 Å². The maximum Gasteiger partial charge on any atom is 0.227 e. The molecule has 0 radical (unpaired) electrons. The third-order valence-corrected chi connectivity index (χ3v) is 5.29. The van der Waals surface area contributed by atoms with E-state index in [0.717, 1.165) is 43.0 Å². The summed E-state index contributed by atoms with van der Waals surface area (Å²) in [5, 5.41) is 3.27. The van der Waals surface area contributed by atoms with E-state index in [4.69, 9.17) is 5.73 Å². The SMILES string of the molecule is Cc1cccc(CCNc2nc(N)nc(C3CCC4CNNC4C3)n2)n1. The molecule has 8 heteroatoms. The van der Waals surface area contributed by atoms with Gasteiger partial charge in [-0.3, -0.25) is 15.8 Å². The van der Waals surface area contributed by atoms with Gasteiger partial charge in [0.1, 0.15) is 5.82 Å². The van der Waals surface area contributed by atoms with Crippen molar-refractivity contribution in [3.63, 3.8) is 0 Å². The molecular formula is C18H26N8. The van der Waals surface area contributed by atoms with Crippen molar-refractivity contribution in [3.8, 4) is 0 Å². The summed E-state index contributed by atoms with van der Waals surface area (Å²) in [6, 6.07) is 6.55. The Labute approximate surface area is 153 Å². The van der Waals surface area contributed by atoms with Gasteiger partial charge in [-0.1, -0.05) is 6.07 Å². The highest BCUT2D eigenvalue weighted by Gasteiger charge is 2.35. The maximum absolute atomic E-state index is 5.93. The van der Waals surface area contributed by atoms with Gasteiger partial charge in [-0.25, -0.2) is 0 Å². The first-order valence-corrected chi connectivity index (χ1v) is 9.33. The smallest absolute Gasteiger partial charge is 0.227 e. The van der Waals surface area contributed by atoms with Crippen LogP contribution in [0.1, 0.15) is 42.4 Å². The predicted octanol–water partition coefficient (Wildman–Crippen LogP) is 1.17. The first kappa shape index (κ1) is 17.1. The fraction of sp³-hybridized carbons (Fsp3) is 0.556. The van der Waals surface area contributed by atoms with Crippen molar-refractivity contribution in [1.29, 1.82) is 0 Å². The largest absolute Gasteiger partial charge is 0.368 e. The molecule has 3 unspecified atom stereocenters. The van der Waals surface area contributed by atoms with Crippen molar-refractivity contribution in [2.75, 3.05) is 24.1 Å². The van der Waals surface area contributed by atoms with E-state index >= 15 is 0 Å². The number of rotatable bonds is 5. The van der Waals surface area contributed by atoms with E-state index in [2.05, 4.69) is 36.1 Å². The van der Waals surface area contributed by atoms with Gasteiger partial charge in [-0.05, 0) is 44.2 Å². The molecule has 2 aromatic rings. The number of nitrogens with one attached hydrogen (secondary N) is 3. The monoisotopic (exact) mass is 354 g/mol. The number of nitrogens with zero attached hydrogens (tertiary/aromatic N) is 4. The highest BCUT2D eigenvalue weighted by atomic mass is 15.4. The van der Waals surface area contributed by atoms with Gasteiger partial charge in [0.05, 0.1) is 0 Å². The normalized spacial score (nSPS) is 25.0. The average Bonchev–Trinajstić information content (AvgIpc) is 3.09. The van der Waals surface area contributed by atoms with Gasteiger partial charge in [0.25, 0.3) is 0 Å². The minimum absolute atomic E-state index is 0.283. The Morgan fingerprint density at radius 1 is 1.19 bits per heavy atom. The van der Waals surface area contributed by atoms with Crippen molar-refractivity contribution in [1.82, 2.24) is 30.8 Å². The van der Waals surface area contributed by atoms with Crippen LogP contribution in [0.25, 0.3) is 0 Å². The van der Waals surface area contributed by atoms with Gasteiger partial charge >= 0.3 is 0 Å². The molecule has 0 bridgehead atoms. The van der Waals surface area contributed by atoms with E-state index in [1.807, 2.05) is 25.1 Å². The fourth-order valence-electron chi connectivity index (χ4n) is 3.92. The Hall–Kier alpha value is -2.32. The number of anilines is 2. The minimum atomic E-state index is 0.283. The summed E-state index contributed by atoms with van der Waals surface area (Å²) < 4.78 is 0. The summed E-state index contributed by atoms with van der Waals surface area (Å²) in [4.78, 5) is 17.8. The molecule has 1 saturated carbocycles. The quantitative estimate of drug-likeness (QED) is 0.633. The zero-order chi connectivity index (χ0) is 17.9. The zero-order valence-electron chi connectivity index (χ0n) is 15.1. The van der Waals surface area contributed by atoms with Crippen LogP contribution in [-0.4, -0.2) is 39.1 Å². The molecular weight excluding hydrogens is 328 g/mol. The lowest BCUT2D eigenvalue weighted by Gasteiger charge is -2.29. The van der Waals surface area contributed by atoms with Crippen LogP contribution in [0.4, 0.5) is 11.9 Å². The molecule has 138 valence electrons. The molecule has 1 saturated heterocycles. The number of nitrogens with two attached hydrogens (primary N) is 1. The van der Waals surface area contributed by atoms with E-state index in [1.165, 1.54) is 6.42 Å². The summed E-state index contributed by atoms with van der Waals surface area (Å²) in [6.45, 7) is 3.76. The molecule has 0 amide bonds. The lowest BCUT2D eigenvalue weighted by Crippen LogP contribution is -2.36. The zero-order valence-corrected chi connectivity index (χ0v) is 15.1. The first-order chi connectivity index (χ1) is 12.7. The Morgan fingerprint density at radius 3 is 3.00 bits per heavy atom. The topological polar surface area (TPSA) is 114 Å². The minimum Gasteiger partial charge on any atom is -0.368 e. The average molecular weight is 354 g/mol. The van der Waals surface area contributed by atoms with Gasteiger partial charge in [0.15, 0.2) is 0 Å². The van der Waals surface area contributed by atoms with Crippen LogP contribution in [0.3, 0.4) is 0 Å². The molecule has 1 aliphatic heterocycles. The van der Waals surface area contributed by atoms with Crippen molar-refractivity contribution in [2.24, 2.45) is 5.92 Å². The Balaban J connectivity index is 1.39. The second kappa shape index (κ2) is 7.51. The van der Waals surface area contributed by atoms with Crippen LogP contribution in [0.5, 0.6) is 0 Å². The molecule has 0 spiro atoms. The highest BCUT2D eigenvalue weighted by molar-refractivity contribution is 5.32. The van der Waals surface area contributed by atoms with Gasteiger partial charge in [-0.15, -0.1) is 0 Å². The first-order valence-electron chi connectivity index (χ1n) is 9.33. The third kappa shape index (κ3) is 3.91. The van der Waals surface area contributed by atoms with Gasteiger partial charge < -0.3 is 11.1 Å². The molecule has 2 aliphatic rings. The number of aromatic nitrogens is 4. The summed E-state index contributed by atoms with van der Waals surface area (Å²) in [5.74, 6) is 2.68. The third-order valence-electron chi connectivity index (χ3n) is 5.29. The van der Waals surface area contributed by atoms with E-state index in [0.29, 0.717) is 30.4 Å². The van der Waals surface area contributed by atoms with E-state index in [-0.39, 0.29) is 5.95 Å². The predicted molar refractivity (Wildman–Crippen MR) is 100 cm³/mol. The highest BCUT2D eigenvalue weighted by Crippen LogP contribution is 2.35. The molecule has 0 aromatic carbocycles. The lowest BCUT2D eigenvalue weighted by molar-refractivity contribution is 0.296. The summed E-state index contributed by atoms with van der Waals surface area (Å²) >= 11 is 0. The van der Waals surface area contributed by atoms with Crippen LogP contribution < -0.4 is 21.9 Å². The molecule has 3 heterocycles.